The smallest absolute Gasteiger partial charge is 0.341 e. The summed E-state index contributed by atoms with van der Waals surface area (Å²) in [7, 11) is -10.1. The molecule has 5 nitrogen and oxygen atoms in total. The summed E-state index contributed by atoms with van der Waals surface area (Å²) in [5.41, 5.74) is 0. The fourth-order valence-electron chi connectivity index (χ4n) is 0.242. The quantitative estimate of drug-likeness (QED) is 0.479. The lowest BCUT2D eigenvalue weighted by Gasteiger charge is -2.21. The Hall–Kier alpha value is 0.560. The van der Waals surface area contributed by atoms with Crippen molar-refractivity contribution in [1.29, 1.82) is 0 Å². The van der Waals surface area contributed by atoms with E-state index in [2.05, 4.69) is 11.6 Å². The molecule has 0 aliphatic heterocycles. The lowest BCUT2D eigenvalue weighted by atomic mass is 11.7. The van der Waals surface area contributed by atoms with Gasteiger partial charge in [0.15, 0.2) is 0 Å². The maximum absolute atomic E-state index is 12.6. The van der Waals surface area contributed by atoms with Crippen molar-refractivity contribution in [1.82, 2.24) is 0 Å². The molecule has 0 saturated heterocycles. The van der Waals surface area contributed by atoms with Crippen LogP contribution in [0.25, 0.3) is 0 Å². The van der Waals surface area contributed by atoms with Gasteiger partial charge in [-0.2, -0.15) is 0 Å². The molecule has 0 bridgehead atoms. The predicted octanol–water partition coefficient (Wildman–Crippen LogP) is 0.884. The van der Waals surface area contributed by atoms with Gasteiger partial charge in [0.1, 0.15) is 0 Å². The van der Waals surface area contributed by atoms with Crippen LogP contribution in [0, 0.1) is 0 Å². The van der Waals surface area contributed by atoms with Crippen molar-refractivity contribution in [2.75, 3.05) is 6.66 Å². The maximum Gasteiger partial charge on any atom is 0.388 e. The number of hydrogen-bond acceptors (Lipinski definition) is 2. The van der Waals surface area contributed by atoms with Crippen molar-refractivity contribution >= 4 is 26.6 Å². The lowest BCUT2D eigenvalue weighted by Crippen LogP contribution is -2.14. The molecule has 11 heavy (non-hydrogen) atoms. The third-order valence-corrected chi connectivity index (χ3v) is 6.05. The fourth-order valence-corrected chi connectivity index (χ4v) is 2.18. The Balaban J connectivity index is 5.08. The highest BCUT2D eigenvalue weighted by molar-refractivity contribution is 7.77. The van der Waals surface area contributed by atoms with Crippen LogP contribution in [0.4, 0.5) is 4.39 Å². The van der Waals surface area contributed by atoms with Gasteiger partial charge in [0.05, 0.1) is 0 Å². The molecule has 0 aliphatic carbocycles. The van der Waals surface area contributed by atoms with Crippen molar-refractivity contribution < 1.29 is 28.2 Å². The van der Waals surface area contributed by atoms with Gasteiger partial charge >= 0.3 is 12.2 Å². The second-order valence-electron chi connectivity index (χ2n) is 1.93. The highest BCUT2D eigenvalue weighted by atomic mass is 35.5. The van der Waals surface area contributed by atoms with Crippen LogP contribution < -0.4 is 0 Å². The summed E-state index contributed by atoms with van der Waals surface area (Å²) in [6, 6.07) is 0. The summed E-state index contributed by atoms with van der Waals surface area (Å²) in [4.78, 5) is 24.7. The lowest BCUT2D eigenvalue weighted by molar-refractivity contribution is 0.304. The fraction of sp³-hybridized carbons (Fsp3) is 1.00. The topological polar surface area (TPSA) is 94.8 Å². The Kier molecular flexibility index (Phi) is 2.94. The van der Waals surface area contributed by atoms with Gasteiger partial charge in [-0.15, -0.1) is 0 Å². The number of halogens is 2. The third kappa shape index (κ3) is 2.25. The summed E-state index contributed by atoms with van der Waals surface area (Å²) in [6.07, 6.45) is 0. The number of alkyl halides is 2. The van der Waals surface area contributed by atoms with Gasteiger partial charge in [0.2, 0.25) is 0 Å². The van der Waals surface area contributed by atoms with E-state index in [9.17, 15) is 13.5 Å². The zero-order chi connectivity index (χ0) is 9.50. The van der Waals surface area contributed by atoms with Crippen LogP contribution in [0.5, 0.6) is 0 Å². The van der Waals surface area contributed by atoms with Gasteiger partial charge in [-0.1, -0.05) is 11.6 Å². The largest absolute Gasteiger partial charge is 0.388 e. The molecule has 0 saturated carbocycles. The van der Waals surface area contributed by atoms with E-state index in [-0.39, 0.29) is 0 Å². The Morgan fingerprint density at radius 2 is 1.64 bits per heavy atom. The molecule has 0 aromatic heterocycles. The molecule has 0 spiro atoms. The molecule has 3 N–H and O–H groups in total. The minimum absolute atomic E-state index is 0.430. The van der Waals surface area contributed by atoms with Crippen LogP contribution in [0.2, 0.25) is 0 Å². The number of hydrogen-bond donors (Lipinski definition) is 3. The average Bonchev–Trinajstić information content (AvgIpc) is 1.58. The van der Waals surface area contributed by atoms with Crippen molar-refractivity contribution in [2.45, 2.75) is 4.61 Å². The molecular formula is C2H6ClFO5P2. The Bertz CT molecular complexity index is 215. The molecule has 0 heterocycles. The van der Waals surface area contributed by atoms with Gasteiger partial charge < -0.3 is 14.7 Å². The summed E-state index contributed by atoms with van der Waals surface area (Å²) < 4.78 is 29.3. The molecule has 0 aromatic carbocycles. The maximum atomic E-state index is 12.6. The molecule has 0 amide bonds. The molecule has 0 fully saturated rings. The van der Waals surface area contributed by atoms with Crippen molar-refractivity contribution in [2.24, 2.45) is 0 Å². The summed E-state index contributed by atoms with van der Waals surface area (Å²) in [6.45, 7) is 0.430. The molecule has 68 valence electrons. The van der Waals surface area contributed by atoms with E-state index in [4.69, 9.17) is 14.7 Å². The van der Waals surface area contributed by atoms with Gasteiger partial charge in [0.25, 0.3) is 7.37 Å². The van der Waals surface area contributed by atoms with E-state index in [1.54, 1.807) is 0 Å². The Labute approximate surface area is 66.8 Å². The molecule has 0 rings (SSSR count). The first-order valence-electron chi connectivity index (χ1n) is 2.24. The van der Waals surface area contributed by atoms with Crippen LogP contribution in [0.3, 0.4) is 0 Å². The van der Waals surface area contributed by atoms with E-state index in [0.717, 1.165) is 0 Å². The molecular weight excluding hydrogens is 219 g/mol. The van der Waals surface area contributed by atoms with E-state index in [1.165, 1.54) is 0 Å². The standard InChI is InChI=1S/C2H6ClFO5P2/c1-10(5,6)2(3,4)11(7,8)9/h1H3,(H,5,6)(H2,7,8,9)/i4-1. The zero-order valence-electron chi connectivity index (χ0n) is 5.31. The van der Waals surface area contributed by atoms with Gasteiger partial charge in [-0.3, -0.25) is 9.13 Å². The van der Waals surface area contributed by atoms with Crippen LogP contribution in [0.1, 0.15) is 0 Å². The summed E-state index contributed by atoms with van der Waals surface area (Å²) in [5, 5.41) is 0. The van der Waals surface area contributed by atoms with Crippen molar-refractivity contribution in [3.05, 3.63) is 0 Å². The first-order chi connectivity index (χ1) is 4.50. The minimum atomic E-state index is -5.40. The van der Waals surface area contributed by atoms with Gasteiger partial charge in [-0.05, 0) is 0 Å². The summed E-state index contributed by atoms with van der Waals surface area (Å²) >= 11 is 4.55. The van der Waals surface area contributed by atoms with Crippen LogP contribution in [-0.4, -0.2) is 26.0 Å². The SMILES string of the molecule is CP(=O)(O)C([18F])(Cl)P(=O)(O)O. The minimum Gasteiger partial charge on any atom is -0.341 e. The second kappa shape index (κ2) is 2.80. The van der Waals surface area contributed by atoms with Crippen LogP contribution >= 0.6 is 26.6 Å². The molecule has 0 radical (unpaired) electrons. The molecule has 9 heteroatoms. The average molecular weight is 225 g/mol. The molecule has 2 unspecified atom stereocenters. The Morgan fingerprint density at radius 1 is 1.36 bits per heavy atom. The van der Waals surface area contributed by atoms with Gasteiger partial charge in [0, 0.05) is 6.66 Å². The van der Waals surface area contributed by atoms with E-state index < -0.39 is 19.6 Å². The Morgan fingerprint density at radius 3 is 1.64 bits per heavy atom. The zero-order valence-corrected chi connectivity index (χ0v) is 7.85. The highest BCUT2D eigenvalue weighted by Crippen LogP contribution is 2.72. The normalized spacial score (nSPS) is 23.8. The van der Waals surface area contributed by atoms with E-state index >= 15 is 0 Å². The first-order valence-corrected chi connectivity index (χ1v) is 6.33. The van der Waals surface area contributed by atoms with Crippen LogP contribution in [-0.2, 0) is 9.13 Å². The van der Waals surface area contributed by atoms with Crippen molar-refractivity contribution in [3.8, 4) is 0 Å². The van der Waals surface area contributed by atoms with Gasteiger partial charge in [-0.25, -0.2) is 4.39 Å². The third-order valence-electron chi connectivity index (χ3n) is 0.850. The molecule has 0 aromatic rings. The van der Waals surface area contributed by atoms with Crippen molar-refractivity contribution in [3.63, 3.8) is 0 Å². The molecule has 2 atom stereocenters. The monoisotopic (exact) mass is 225 g/mol. The first kappa shape index (κ1) is 11.6. The number of rotatable bonds is 2. The molecule has 0 aliphatic rings. The highest BCUT2D eigenvalue weighted by Gasteiger charge is 2.58. The van der Waals surface area contributed by atoms with E-state index in [1.807, 2.05) is 0 Å². The predicted molar refractivity (Wildman–Crippen MR) is 37.5 cm³/mol. The summed E-state index contributed by atoms with van der Waals surface area (Å²) in [5.74, 6) is 0. The van der Waals surface area contributed by atoms with Crippen LogP contribution in [0.15, 0.2) is 0 Å². The van der Waals surface area contributed by atoms with E-state index in [0.29, 0.717) is 6.66 Å². The second-order valence-corrected chi connectivity index (χ2v) is 7.41.